The van der Waals surface area contributed by atoms with E-state index in [1.807, 2.05) is 13.8 Å². The molecular weight excluding hydrogens is 244 g/mol. The van der Waals surface area contributed by atoms with Gasteiger partial charge >= 0.3 is 5.97 Å². The normalized spacial score (nSPS) is 19.4. The van der Waals surface area contributed by atoms with Crippen LogP contribution in [0.2, 0.25) is 0 Å². The third kappa shape index (κ3) is 5.59. The van der Waals surface area contributed by atoms with Crippen molar-refractivity contribution >= 4 is 11.9 Å². The molecule has 0 aromatic rings. The van der Waals surface area contributed by atoms with E-state index in [4.69, 9.17) is 10.8 Å². The van der Waals surface area contributed by atoms with Crippen LogP contribution in [0.15, 0.2) is 0 Å². The highest BCUT2D eigenvalue weighted by atomic mass is 16.4. The largest absolute Gasteiger partial charge is 0.481 e. The number of amides is 1. The van der Waals surface area contributed by atoms with Crippen LogP contribution in [-0.4, -0.2) is 29.1 Å². The average molecular weight is 270 g/mol. The lowest BCUT2D eigenvalue weighted by Gasteiger charge is -2.23. The number of rotatable bonds is 7. The second-order valence-electron chi connectivity index (χ2n) is 6.22. The van der Waals surface area contributed by atoms with Gasteiger partial charge in [-0.2, -0.15) is 0 Å². The maximum Gasteiger partial charge on any atom is 0.308 e. The van der Waals surface area contributed by atoms with Gasteiger partial charge in [0, 0.05) is 18.5 Å². The van der Waals surface area contributed by atoms with Crippen LogP contribution < -0.4 is 11.1 Å². The van der Waals surface area contributed by atoms with Crippen molar-refractivity contribution in [3.63, 3.8) is 0 Å². The molecule has 0 aliphatic heterocycles. The van der Waals surface area contributed by atoms with E-state index in [0.717, 1.165) is 25.7 Å². The van der Waals surface area contributed by atoms with Crippen molar-refractivity contribution in [3.8, 4) is 0 Å². The maximum atomic E-state index is 11.8. The van der Waals surface area contributed by atoms with Gasteiger partial charge in [0.05, 0.1) is 5.92 Å². The number of aliphatic carboxylic acids is 1. The van der Waals surface area contributed by atoms with Crippen LogP contribution >= 0.6 is 0 Å². The standard InChI is InChI=1S/C14H26N2O3/c1-10(2)7-11(13(18)19)9-16-12(17)8-14(15)5-3-4-6-14/h10-11H,3-9,15H2,1-2H3,(H,16,17)(H,18,19). The van der Waals surface area contributed by atoms with Crippen LogP contribution in [0.5, 0.6) is 0 Å². The van der Waals surface area contributed by atoms with Crippen molar-refractivity contribution in [2.75, 3.05) is 6.54 Å². The quantitative estimate of drug-likeness (QED) is 0.654. The Balaban J connectivity index is 2.37. The van der Waals surface area contributed by atoms with E-state index in [9.17, 15) is 9.59 Å². The molecule has 4 N–H and O–H groups in total. The fourth-order valence-electron chi connectivity index (χ4n) is 2.72. The third-order valence-corrected chi connectivity index (χ3v) is 3.76. The fourth-order valence-corrected chi connectivity index (χ4v) is 2.72. The number of carbonyl (C=O) groups excluding carboxylic acids is 1. The predicted molar refractivity (Wildman–Crippen MR) is 73.6 cm³/mol. The lowest BCUT2D eigenvalue weighted by molar-refractivity contribution is -0.142. The molecule has 1 atom stereocenters. The molecule has 1 rings (SSSR count). The first-order chi connectivity index (χ1) is 8.82. The Hall–Kier alpha value is -1.10. The summed E-state index contributed by atoms with van der Waals surface area (Å²) in [7, 11) is 0. The Morgan fingerprint density at radius 1 is 1.32 bits per heavy atom. The molecule has 0 radical (unpaired) electrons. The van der Waals surface area contributed by atoms with E-state index in [2.05, 4.69) is 5.32 Å². The first-order valence-corrected chi connectivity index (χ1v) is 7.11. The van der Waals surface area contributed by atoms with Gasteiger partial charge in [-0.1, -0.05) is 26.7 Å². The van der Waals surface area contributed by atoms with Gasteiger partial charge in [-0.3, -0.25) is 9.59 Å². The van der Waals surface area contributed by atoms with E-state index in [1.165, 1.54) is 0 Å². The summed E-state index contributed by atoms with van der Waals surface area (Å²) in [4.78, 5) is 22.9. The molecule has 1 fully saturated rings. The van der Waals surface area contributed by atoms with Crippen LogP contribution in [0.4, 0.5) is 0 Å². The van der Waals surface area contributed by atoms with Crippen molar-refractivity contribution in [1.29, 1.82) is 0 Å². The molecule has 0 aromatic heterocycles. The SMILES string of the molecule is CC(C)CC(CNC(=O)CC1(N)CCCC1)C(=O)O. The highest BCUT2D eigenvalue weighted by Gasteiger charge is 2.32. The molecule has 0 bridgehead atoms. The Bertz CT molecular complexity index is 323. The van der Waals surface area contributed by atoms with Crippen molar-refractivity contribution in [3.05, 3.63) is 0 Å². The fraction of sp³-hybridized carbons (Fsp3) is 0.857. The number of hydrogen-bond donors (Lipinski definition) is 3. The Labute approximate surface area is 114 Å². The summed E-state index contributed by atoms with van der Waals surface area (Å²) in [6, 6.07) is 0. The number of nitrogens with one attached hydrogen (secondary N) is 1. The highest BCUT2D eigenvalue weighted by Crippen LogP contribution is 2.29. The Kier molecular flexibility index (Phi) is 5.79. The Morgan fingerprint density at radius 2 is 1.89 bits per heavy atom. The average Bonchev–Trinajstić information content (AvgIpc) is 2.70. The van der Waals surface area contributed by atoms with Crippen molar-refractivity contribution < 1.29 is 14.7 Å². The predicted octanol–water partition coefficient (Wildman–Crippen LogP) is 1.51. The van der Waals surface area contributed by atoms with Gasteiger partial charge in [-0.25, -0.2) is 0 Å². The zero-order valence-electron chi connectivity index (χ0n) is 11.9. The molecular formula is C14H26N2O3. The lowest BCUT2D eigenvalue weighted by atomic mass is 9.93. The zero-order chi connectivity index (χ0) is 14.5. The van der Waals surface area contributed by atoms with Gasteiger partial charge < -0.3 is 16.2 Å². The molecule has 1 amide bonds. The van der Waals surface area contributed by atoms with Gasteiger partial charge in [-0.05, 0) is 25.2 Å². The monoisotopic (exact) mass is 270 g/mol. The third-order valence-electron chi connectivity index (χ3n) is 3.76. The zero-order valence-corrected chi connectivity index (χ0v) is 11.9. The molecule has 5 nitrogen and oxygen atoms in total. The summed E-state index contributed by atoms with van der Waals surface area (Å²) < 4.78 is 0. The lowest BCUT2D eigenvalue weighted by Crippen LogP contribution is -2.43. The minimum absolute atomic E-state index is 0.126. The van der Waals surface area contributed by atoms with E-state index in [-0.39, 0.29) is 18.0 Å². The number of carbonyl (C=O) groups is 2. The van der Waals surface area contributed by atoms with Crippen molar-refractivity contribution in [1.82, 2.24) is 5.32 Å². The van der Waals surface area contributed by atoms with Crippen LogP contribution in [0.25, 0.3) is 0 Å². The van der Waals surface area contributed by atoms with Gasteiger partial charge in [0.2, 0.25) is 5.91 Å². The maximum absolute atomic E-state index is 11.8. The van der Waals surface area contributed by atoms with E-state index < -0.39 is 11.9 Å². The minimum atomic E-state index is -0.850. The number of carboxylic acids is 1. The van der Waals surface area contributed by atoms with Gasteiger partial charge in [0.15, 0.2) is 0 Å². The number of nitrogens with two attached hydrogens (primary N) is 1. The van der Waals surface area contributed by atoms with Crippen LogP contribution in [0.3, 0.4) is 0 Å². The molecule has 1 aliphatic carbocycles. The molecule has 0 spiro atoms. The summed E-state index contributed by atoms with van der Waals surface area (Å²) in [5.74, 6) is -1.19. The second kappa shape index (κ2) is 6.89. The molecule has 1 unspecified atom stereocenters. The molecule has 1 aliphatic rings. The van der Waals surface area contributed by atoms with Crippen LogP contribution in [0, 0.1) is 11.8 Å². The topological polar surface area (TPSA) is 92.4 Å². The summed E-state index contributed by atoms with van der Waals surface area (Å²) in [5, 5.41) is 11.8. The molecule has 1 saturated carbocycles. The first kappa shape index (κ1) is 16.0. The summed E-state index contributed by atoms with van der Waals surface area (Å²) >= 11 is 0. The van der Waals surface area contributed by atoms with E-state index >= 15 is 0 Å². The number of hydrogen-bond acceptors (Lipinski definition) is 3. The molecule has 110 valence electrons. The van der Waals surface area contributed by atoms with E-state index in [1.54, 1.807) is 0 Å². The van der Waals surface area contributed by atoms with Crippen LogP contribution in [0.1, 0.15) is 52.4 Å². The number of carboxylic acid groups (broad SMARTS) is 1. The van der Waals surface area contributed by atoms with Gasteiger partial charge in [0.1, 0.15) is 0 Å². The molecule has 5 heteroatoms. The first-order valence-electron chi connectivity index (χ1n) is 7.11. The van der Waals surface area contributed by atoms with Gasteiger partial charge in [0.25, 0.3) is 0 Å². The summed E-state index contributed by atoms with van der Waals surface area (Å²) in [6.07, 6.45) is 4.80. The van der Waals surface area contributed by atoms with Crippen molar-refractivity contribution in [2.24, 2.45) is 17.6 Å². The highest BCUT2D eigenvalue weighted by molar-refractivity contribution is 5.78. The van der Waals surface area contributed by atoms with Gasteiger partial charge in [-0.15, -0.1) is 0 Å². The molecule has 0 aromatic carbocycles. The van der Waals surface area contributed by atoms with E-state index in [0.29, 0.717) is 18.8 Å². The second-order valence-corrected chi connectivity index (χ2v) is 6.22. The molecule has 0 heterocycles. The summed E-state index contributed by atoms with van der Waals surface area (Å²) in [6.45, 7) is 4.15. The van der Waals surface area contributed by atoms with Crippen LogP contribution in [-0.2, 0) is 9.59 Å². The smallest absolute Gasteiger partial charge is 0.308 e. The Morgan fingerprint density at radius 3 is 2.37 bits per heavy atom. The molecule has 19 heavy (non-hydrogen) atoms. The van der Waals surface area contributed by atoms with Crippen molar-refractivity contribution in [2.45, 2.75) is 57.9 Å². The minimum Gasteiger partial charge on any atom is -0.481 e. The molecule has 0 saturated heterocycles. The summed E-state index contributed by atoms with van der Waals surface area (Å²) in [5.41, 5.74) is 5.76.